The Labute approximate surface area is 82.7 Å². The summed E-state index contributed by atoms with van der Waals surface area (Å²) in [5, 5.41) is 2.03. The molecule has 14 heavy (non-hydrogen) atoms. The Morgan fingerprint density at radius 1 is 1.29 bits per heavy atom. The van der Waals surface area contributed by atoms with E-state index in [0.29, 0.717) is 5.82 Å². The molecule has 0 aliphatic rings. The lowest BCUT2D eigenvalue weighted by molar-refractivity contribution is 1.15. The monoisotopic (exact) mass is 187 g/mol. The average Bonchev–Trinajstić information content (AvgIpc) is 2.19. The van der Waals surface area contributed by atoms with E-state index in [1.807, 2.05) is 12.1 Å². The van der Waals surface area contributed by atoms with E-state index in [9.17, 15) is 0 Å². The van der Waals surface area contributed by atoms with Gasteiger partial charge in [0.25, 0.3) is 0 Å². The van der Waals surface area contributed by atoms with E-state index in [1.165, 1.54) is 0 Å². The van der Waals surface area contributed by atoms with Gasteiger partial charge in [0.1, 0.15) is 5.82 Å². The highest BCUT2D eigenvalue weighted by molar-refractivity contribution is 5.93. The van der Waals surface area contributed by atoms with Gasteiger partial charge in [0.05, 0.1) is 0 Å². The fourth-order valence-electron chi connectivity index (χ4n) is 1.61. The predicted molar refractivity (Wildman–Crippen MR) is 59.9 cm³/mol. The second-order valence-corrected chi connectivity index (χ2v) is 3.32. The maximum atomic E-state index is 5.88. The average molecular weight is 187 g/mol. The quantitative estimate of drug-likeness (QED) is 0.671. The van der Waals surface area contributed by atoms with Crippen LogP contribution in [-0.2, 0) is 6.42 Å². The topological polar surface area (TPSA) is 64.9 Å². The maximum Gasteiger partial charge on any atom is 0.131 e. The molecule has 0 aliphatic heterocycles. The molecule has 2 rings (SSSR count). The first-order valence-corrected chi connectivity index (χ1v) is 4.65. The number of pyridine rings is 1. The molecule has 0 unspecified atom stereocenters. The third-order valence-corrected chi connectivity index (χ3v) is 2.44. The van der Waals surface area contributed by atoms with Crippen LogP contribution in [0.25, 0.3) is 10.8 Å². The van der Waals surface area contributed by atoms with Crippen molar-refractivity contribution in [2.24, 2.45) is 0 Å². The number of aryl methyl sites for hydroxylation is 1. The fraction of sp³-hybridized carbons (Fsp3) is 0.182. The van der Waals surface area contributed by atoms with Crippen molar-refractivity contribution in [3.05, 3.63) is 30.0 Å². The highest BCUT2D eigenvalue weighted by atomic mass is 14.8. The Kier molecular flexibility index (Phi) is 2.00. The molecule has 72 valence electrons. The van der Waals surface area contributed by atoms with Gasteiger partial charge in [0.2, 0.25) is 0 Å². The number of nitrogens with zero attached hydrogens (tertiary/aromatic N) is 1. The van der Waals surface area contributed by atoms with Gasteiger partial charge < -0.3 is 11.5 Å². The van der Waals surface area contributed by atoms with Gasteiger partial charge in [0, 0.05) is 17.3 Å². The third kappa shape index (κ3) is 1.27. The molecular weight excluding hydrogens is 174 g/mol. The molecule has 4 N–H and O–H groups in total. The number of nitrogens with two attached hydrogens (primary N) is 2. The largest absolute Gasteiger partial charge is 0.398 e. The second kappa shape index (κ2) is 3.18. The predicted octanol–water partition coefficient (Wildman–Crippen LogP) is 1.96. The molecule has 0 saturated heterocycles. The first-order chi connectivity index (χ1) is 6.72. The van der Waals surface area contributed by atoms with E-state index >= 15 is 0 Å². The van der Waals surface area contributed by atoms with Crippen LogP contribution in [0.2, 0.25) is 0 Å². The molecule has 1 aromatic carbocycles. The van der Waals surface area contributed by atoms with E-state index in [-0.39, 0.29) is 0 Å². The van der Waals surface area contributed by atoms with Crippen LogP contribution in [0.4, 0.5) is 11.5 Å². The molecule has 1 heterocycles. The summed E-state index contributed by atoms with van der Waals surface area (Å²) in [5.41, 5.74) is 13.6. The van der Waals surface area contributed by atoms with Crippen molar-refractivity contribution >= 4 is 22.3 Å². The summed E-state index contributed by atoms with van der Waals surface area (Å²) < 4.78 is 0. The summed E-state index contributed by atoms with van der Waals surface area (Å²) in [6, 6.07) is 5.92. The maximum absolute atomic E-state index is 5.88. The van der Waals surface area contributed by atoms with Gasteiger partial charge in [-0.15, -0.1) is 0 Å². The van der Waals surface area contributed by atoms with Crippen molar-refractivity contribution in [2.45, 2.75) is 13.3 Å². The van der Waals surface area contributed by atoms with Crippen LogP contribution in [-0.4, -0.2) is 4.98 Å². The second-order valence-electron chi connectivity index (χ2n) is 3.32. The lowest BCUT2D eigenvalue weighted by atomic mass is 10.0. The van der Waals surface area contributed by atoms with E-state index in [2.05, 4.69) is 18.0 Å². The van der Waals surface area contributed by atoms with Gasteiger partial charge in [-0.3, -0.25) is 0 Å². The third-order valence-electron chi connectivity index (χ3n) is 2.44. The molecule has 0 atom stereocenters. The summed E-state index contributed by atoms with van der Waals surface area (Å²) in [4.78, 5) is 4.03. The number of nitrogen functional groups attached to an aromatic ring is 2. The Bertz CT molecular complexity index is 477. The molecule has 0 amide bonds. The van der Waals surface area contributed by atoms with Gasteiger partial charge in [0.15, 0.2) is 0 Å². The van der Waals surface area contributed by atoms with Crippen molar-refractivity contribution in [2.75, 3.05) is 11.5 Å². The Morgan fingerprint density at radius 3 is 2.79 bits per heavy atom. The van der Waals surface area contributed by atoms with Gasteiger partial charge in [-0.1, -0.05) is 6.92 Å². The van der Waals surface area contributed by atoms with Gasteiger partial charge in [-0.25, -0.2) is 4.98 Å². The van der Waals surface area contributed by atoms with Gasteiger partial charge in [-0.2, -0.15) is 0 Å². The van der Waals surface area contributed by atoms with Crippen LogP contribution < -0.4 is 11.5 Å². The van der Waals surface area contributed by atoms with Crippen LogP contribution in [0.5, 0.6) is 0 Å². The SMILES string of the molecule is CCc1cc2ccnc(N)c2cc1N. The number of fused-ring (bicyclic) bond motifs is 1. The number of rotatable bonds is 1. The molecule has 1 aromatic heterocycles. The Morgan fingerprint density at radius 2 is 2.07 bits per heavy atom. The molecule has 0 saturated carbocycles. The zero-order chi connectivity index (χ0) is 10.1. The lowest BCUT2D eigenvalue weighted by Gasteiger charge is -2.06. The summed E-state index contributed by atoms with van der Waals surface area (Å²) >= 11 is 0. The molecule has 3 heteroatoms. The highest BCUT2D eigenvalue weighted by Gasteiger charge is 2.03. The summed E-state index contributed by atoms with van der Waals surface area (Å²) in [5.74, 6) is 0.539. The van der Waals surface area contributed by atoms with E-state index in [4.69, 9.17) is 11.5 Å². The molecule has 0 aliphatic carbocycles. The van der Waals surface area contributed by atoms with Crippen molar-refractivity contribution in [1.82, 2.24) is 4.98 Å². The summed E-state index contributed by atoms with van der Waals surface area (Å²) in [6.07, 6.45) is 2.65. The van der Waals surface area contributed by atoms with E-state index < -0.39 is 0 Å². The fourth-order valence-corrected chi connectivity index (χ4v) is 1.61. The summed E-state index contributed by atoms with van der Waals surface area (Å²) in [6.45, 7) is 2.09. The number of aromatic nitrogens is 1. The number of benzene rings is 1. The first kappa shape index (κ1) is 8.81. The zero-order valence-electron chi connectivity index (χ0n) is 8.12. The lowest BCUT2D eigenvalue weighted by Crippen LogP contribution is -1.96. The molecule has 0 fully saturated rings. The number of hydrogen-bond acceptors (Lipinski definition) is 3. The molecule has 0 radical (unpaired) electrons. The van der Waals surface area contributed by atoms with Crippen molar-refractivity contribution in [3.8, 4) is 0 Å². The Balaban J connectivity index is 2.79. The molecule has 0 spiro atoms. The molecule has 2 aromatic rings. The smallest absolute Gasteiger partial charge is 0.131 e. The van der Waals surface area contributed by atoms with Crippen LogP contribution in [0.1, 0.15) is 12.5 Å². The van der Waals surface area contributed by atoms with Crippen molar-refractivity contribution in [1.29, 1.82) is 0 Å². The molecular formula is C11H13N3. The van der Waals surface area contributed by atoms with Crippen molar-refractivity contribution < 1.29 is 0 Å². The minimum absolute atomic E-state index is 0.539. The van der Waals surface area contributed by atoms with Crippen LogP contribution in [0.3, 0.4) is 0 Å². The van der Waals surface area contributed by atoms with Crippen LogP contribution in [0, 0.1) is 0 Å². The first-order valence-electron chi connectivity index (χ1n) is 4.65. The highest BCUT2D eigenvalue weighted by Crippen LogP contribution is 2.24. The molecule has 3 nitrogen and oxygen atoms in total. The van der Waals surface area contributed by atoms with Crippen molar-refractivity contribution in [3.63, 3.8) is 0 Å². The van der Waals surface area contributed by atoms with Gasteiger partial charge in [-0.05, 0) is 35.6 Å². The van der Waals surface area contributed by atoms with E-state index in [1.54, 1.807) is 6.20 Å². The van der Waals surface area contributed by atoms with Crippen LogP contribution >= 0.6 is 0 Å². The normalized spacial score (nSPS) is 10.6. The van der Waals surface area contributed by atoms with E-state index in [0.717, 1.165) is 28.4 Å². The van der Waals surface area contributed by atoms with Gasteiger partial charge >= 0.3 is 0 Å². The minimum Gasteiger partial charge on any atom is -0.398 e. The minimum atomic E-state index is 0.539. The standard InChI is InChI=1S/C11H13N3/c1-2-7-5-8-3-4-14-11(13)9(8)6-10(7)12/h3-6H,2,12H2,1H3,(H2,13,14). The summed E-state index contributed by atoms with van der Waals surface area (Å²) in [7, 11) is 0. The molecule has 0 bridgehead atoms. The van der Waals surface area contributed by atoms with Crippen LogP contribution in [0.15, 0.2) is 24.4 Å². The number of hydrogen-bond donors (Lipinski definition) is 2. The Hall–Kier alpha value is -1.77. The number of anilines is 2. The zero-order valence-corrected chi connectivity index (χ0v) is 8.12.